The van der Waals surface area contributed by atoms with Crippen molar-refractivity contribution >= 4 is 23.7 Å². The van der Waals surface area contributed by atoms with E-state index in [0.717, 1.165) is 18.6 Å². The van der Waals surface area contributed by atoms with Gasteiger partial charge >= 0.3 is 18.0 Å². The molecule has 0 aliphatic carbocycles. The average molecular weight is 567 g/mol. The van der Waals surface area contributed by atoms with Gasteiger partial charge in [-0.1, -0.05) is 70.1 Å². The van der Waals surface area contributed by atoms with Gasteiger partial charge in [0.15, 0.2) is 0 Å². The van der Waals surface area contributed by atoms with Gasteiger partial charge in [-0.2, -0.15) is 0 Å². The van der Waals surface area contributed by atoms with Crippen LogP contribution in [0, 0.1) is 10.8 Å². The summed E-state index contributed by atoms with van der Waals surface area (Å²) < 4.78 is 9.81. The Morgan fingerprint density at radius 1 is 0.900 bits per heavy atom. The van der Waals surface area contributed by atoms with Gasteiger partial charge in [0, 0.05) is 0 Å². The van der Waals surface area contributed by atoms with Crippen LogP contribution in [-0.4, -0.2) is 55.2 Å². The minimum absolute atomic E-state index is 0.0995. The molecule has 230 valence electrons. The van der Waals surface area contributed by atoms with Gasteiger partial charge in [-0.15, -0.1) is 0 Å². The lowest BCUT2D eigenvalue weighted by molar-refractivity contribution is -0.155. The van der Waals surface area contributed by atoms with E-state index >= 15 is 0 Å². The zero-order valence-electron chi connectivity index (χ0n) is 26.5. The molecule has 0 saturated carbocycles. The van der Waals surface area contributed by atoms with Crippen LogP contribution in [0.2, 0.25) is 0 Å². The summed E-state index contributed by atoms with van der Waals surface area (Å²) in [6.45, 7) is 19.6. The minimum Gasteiger partial charge on any atom is -0.463 e. The summed E-state index contributed by atoms with van der Waals surface area (Å²) in [5.74, 6) is 0.195. The SMILES string of the molecule is CC/C(C)=N\OC(=O)NCCOC(=O)C(C)(C)CC.CCC(C)(C)C(=O)OCCO.CCC(C)c1ccccc1. The molecule has 0 bridgehead atoms. The Kier molecular flexibility index (Phi) is 21.4. The molecule has 1 rings (SSSR count). The van der Waals surface area contributed by atoms with Crippen LogP contribution in [0.25, 0.3) is 0 Å². The van der Waals surface area contributed by atoms with Crippen molar-refractivity contribution in [2.45, 2.75) is 101 Å². The van der Waals surface area contributed by atoms with Crippen molar-refractivity contribution < 1.29 is 33.8 Å². The topological polar surface area (TPSA) is 124 Å². The maximum Gasteiger partial charge on any atom is 0.433 e. The van der Waals surface area contributed by atoms with Crippen molar-refractivity contribution in [3.05, 3.63) is 35.9 Å². The summed E-state index contributed by atoms with van der Waals surface area (Å²) in [7, 11) is 0. The van der Waals surface area contributed by atoms with E-state index in [4.69, 9.17) is 14.6 Å². The van der Waals surface area contributed by atoms with E-state index in [-0.39, 0.29) is 38.3 Å². The Morgan fingerprint density at radius 3 is 1.82 bits per heavy atom. The normalized spacial score (nSPS) is 12.0. The van der Waals surface area contributed by atoms with Gasteiger partial charge < -0.3 is 19.9 Å². The second-order valence-corrected chi connectivity index (χ2v) is 10.7. The smallest absolute Gasteiger partial charge is 0.433 e. The fourth-order valence-electron chi connectivity index (χ4n) is 2.35. The number of esters is 2. The molecule has 0 aliphatic rings. The molecule has 0 aromatic heterocycles. The van der Waals surface area contributed by atoms with Crippen molar-refractivity contribution in [1.82, 2.24) is 5.32 Å². The standard InChI is InChI=1S/C13H24N2O4.C10H14.C8H16O3/c1-6-10(3)15-19-12(17)14-8-9-18-11(16)13(4,5)7-2;1-3-9(2)10-7-5-4-6-8-10;1-4-8(2,3)7(10)11-6-5-9/h6-9H2,1-5H3,(H,14,17);4-9H,3H2,1-2H3;9H,4-6H2,1-3H3/b15-10-;;. The fourth-order valence-corrected chi connectivity index (χ4v) is 2.35. The number of nitrogens with zero attached hydrogens (tertiary/aromatic N) is 1. The first-order chi connectivity index (χ1) is 18.7. The number of aliphatic hydroxyl groups is 1. The van der Waals surface area contributed by atoms with E-state index in [1.807, 2.05) is 48.5 Å². The lowest BCUT2D eigenvalue weighted by atomic mass is 9.91. The molecule has 0 radical (unpaired) electrons. The molecule has 1 unspecified atom stereocenters. The van der Waals surface area contributed by atoms with Crippen LogP contribution in [0.1, 0.15) is 106 Å². The zero-order valence-corrected chi connectivity index (χ0v) is 26.5. The van der Waals surface area contributed by atoms with Crippen molar-refractivity contribution in [1.29, 1.82) is 0 Å². The van der Waals surface area contributed by atoms with E-state index in [0.29, 0.717) is 12.3 Å². The third kappa shape index (κ3) is 18.4. The Labute approximate surface area is 242 Å². The van der Waals surface area contributed by atoms with Crippen LogP contribution in [0.15, 0.2) is 35.5 Å². The maximum absolute atomic E-state index is 11.6. The van der Waals surface area contributed by atoms with Crippen LogP contribution in [0.3, 0.4) is 0 Å². The van der Waals surface area contributed by atoms with Crippen LogP contribution < -0.4 is 5.32 Å². The molecule has 2 N–H and O–H groups in total. The number of hydrogen-bond donors (Lipinski definition) is 2. The average Bonchev–Trinajstić information content (AvgIpc) is 2.97. The summed E-state index contributed by atoms with van der Waals surface area (Å²) in [5.41, 5.74) is 1.26. The number of rotatable bonds is 13. The summed E-state index contributed by atoms with van der Waals surface area (Å²) in [4.78, 5) is 38.5. The number of oxime groups is 1. The third-order valence-electron chi connectivity index (χ3n) is 6.58. The van der Waals surface area contributed by atoms with Crippen LogP contribution in [-0.2, 0) is 23.9 Å². The van der Waals surface area contributed by atoms with Gasteiger partial charge in [0.05, 0.1) is 29.7 Å². The van der Waals surface area contributed by atoms with Crippen molar-refractivity contribution in [3.63, 3.8) is 0 Å². The molecule has 0 aliphatic heterocycles. The van der Waals surface area contributed by atoms with Gasteiger partial charge in [-0.3, -0.25) is 14.4 Å². The quantitative estimate of drug-likeness (QED) is 0.0902. The predicted octanol–water partition coefficient (Wildman–Crippen LogP) is 6.64. The van der Waals surface area contributed by atoms with Crippen LogP contribution in [0.4, 0.5) is 4.79 Å². The number of carbonyl (C=O) groups is 3. The van der Waals surface area contributed by atoms with Crippen molar-refractivity contribution in [2.24, 2.45) is 16.0 Å². The van der Waals surface area contributed by atoms with Crippen molar-refractivity contribution in [3.8, 4) is 0 Å². The Morgan fingerprint density at radius 2 is 1.40 bits per heavy atom. The molecule has 0 heterocycles. The van der Waals surface area contributed by atoms with Gasteiger partial charge in [0.2, 0.25) is 0 Å². The first-order valence-corrected chi connectivity index (χ1v) is 14.2. The Bertz CT molecular complexity index is 868. The van der Waals surface area contributed by atoms with Gasteiger partial charge in [-0.05, 0) is 71.8 Å². The van der Waals surface area contributed by atoms with Gasteiger partial charge in [0.25, 0.3) is 0 Å². The molecular formula is C31H54N2O7. The molecule has 1 aromatic carbocycles. The second kappa shape index (κ2) is 21.8. The zero-order chi connectivity index (χ0) is 31.2. The molecule has 9 nitrogen and oxygen atoms in total. The molecule has 0 saturated heterocycles. The monoisotopic (exact) mass is 566 g/mol. The molecule has 1 amide bonds. The number of nitrogens with one attached hydrogen (secondary N) is 1. The summed E-state index contributed by atoms with van der Waals surface area (Å²) in [6.07, 6.45) is 2.74. The minimum atomic E-state index is -0.654. The molecule has 9 heteroatoms. The highest BCUT2D eigenvalue weighted by atomic mass is 16.7. The Balaban J connectivity index is 0. The fraction of sp³-hybridized carbons (Fsp3) is 0.677. The molecular weight excluding hydrogens is 512 g/mol. The number of amides is 1. The summed E-state index contributed by atoms with van der Waals surface area (Å²) in [5, 5.41) is 14.4. The third-order valence-corrected chi connectivity index (χ3v) is 6.58. The number of carbonyl (C=O) groups excluding carboxylic acids is 3. The number of hydrogen-bond acceptors (Lipinski definition) is 8. The highest BCUT2D eigenvalue weighted by molar-refractivity contribution is 5.82. The molecule has 1 atom stereocenters. The van der Waals surface area contributed by atoms with E-state index in [1.165, 1.54) is 12.0 Å². The highest BCUT2D eigenvalue weighted by Gasteiger charge is 2.27. The van der Waals surface area contributed by atoms with Gasteiger partial charge in [-0.25, -0.2) is 4.79 Å². The lowest BCUT2D eigenvalue weighted by Crippen LogP contribution is -2.31. The first kappa shape index (κ1) is 39.2. The van der Waals surface area contributed by atoms with E-state index in [2.05, 4.69) is 59.5 Å². The van der Waals surface area contributed by atoms with E-state index < -0.39 is 16.9 Å². The van der Waals surface area contributed by atoms with E-state index in [9.17, 15) is 14.4 Å². The summed E-state index contributed by atoms with van der Waals surface area (Å²) >= 11 is 0. The highest BCUT2D eigenvalue weighted by Crippen LogP contribution is 2.22. The number of ether oxygens (including phenoxy) is 2. The molecule has 1 aromatic rings. The lowest BCUT2D eigenvalue weighted by Gasteiger charge is -2.20. The first-order valence-electron chi connectivity index (χ1n) is 14.2. The van der Waals surface area contributed by atoms with Crippen molar-refractivity contribution in [2.75, 3.05) is 26.4 Å². The molecule has 40 heavy (non-hydrogen) atoms. The number of aliphatic hydroxyl groups excluding tert-OH is 1. The second-order valence-electron chi connectivity index (χ2n) is 10.7. The number of benzene rings is 1. The van der Waals surface area contributed by atoms with Crippen LogP contribution in [0.5, 0.6) is 0 Å². The predicted molar refractivity (Wildman–Crippen MR) is 160 cm³/mol. The summed E-state index contributed by atoms with van der Waals surface area (Å²) in [6, 6.07) is 10.6. The maximum atomic E-state index is 11.6. The van der Waals surface area contributed by atoms with Crippen LogP contribution >= 0.6 is 0 Å². The van der Waals surface area contributed by atoms with Gasteiger partial charge in [0.1, 0.15) is 13.2 Å². The molecule has 0 fully saturated rings. The van der Waals surface area contributed by atoms with E-state index in [1.54, 1.807) is 6.92 Å². The largest absolute Gasteiger partial charge is 0.463 e. The Hall–Kier alpha value is -2.94. The molecule has 0 spiro atoms.